The summed E-state index contributed by atoms with van der Waals surface area (Å²) in [5, 5.41) is 44.9. The van der Waals surface area contributed by atoms with Crippen LogP contribution in [-0.4, -0.2) is 99.4 Å². The number of carbonyl (C=O) groups excluding carboxylic acids is 4. The van der Waals surface area contributed by atoms with Gasteiger partial charge in [0.2, 0.25) is 23.6 Å². The molecule has 32 heavy (non-hydrogen) atoms. The quantitative estimate of drug-likeness (QED) is 0.118. The molecule has 182 valence electrons. The van der Waals surface area contributed by atoms with Gasteiger partial charge < -0.3 is 47.4 Å². The number of hydrogen-bond donors (Lipinski definition) is 9. The van der Waals surface area contributed by atoms with Crippen molar-refractivity contribution < 1.29 is 49.2 Å². The van der Waals surface area contributed by atoms with Crippen LogP contribution in [-0.2, 0) is 28.8 Å². The molecule has 10 N–H and O–H groups in total. The topological polar surface area (TPSA) is 257 Å². The van der Waals surface area contributed by atoms with Crippen molar-refractivity contribution in [3.05, 3.63) is 0 Å². The molecule has 0 rings (SSSR count). The summed E-state index contributed by atoms with van der Waals surface area (Å²) in [6, 6.07) is -4.28. The largest absolute Gasteiger partial charge is 0.481 e. The molecule has 0 aliphatic carbocycles. The Kier molecular flexibility index (Phi) is 12.5. The summed E-state index contributed by atoms with van der Waals surface area (Å²) in [6.45, 7) is 1.00. The third-order valence-electron chi connectivity index (χ3n) is 4.00. The second kappa shape index (κ2) is 13.9. The van der Waals surface area contributed by atoms with Crippen LogP contribution in [0.15, 0.2) is 0 Å². The molecule has 0 saturated heterocycles. The van der Waals surface area contributed by atoms with Gasteiger partial charge in [-0.3, -0.25) is 24.0 Å². The summed E-state index contributed by atoms with van der Waals surface area (Å²) in [6.07, 6.45) is -3.30. The van der Waals surface area contributed by atoms with Crippen molar-refractivity contribution in [2.75, 3.05) is 13.1 Å². The first-order chi connectivity index (χ1) is 14.8. The summed E-state index contributed by atoms with van der Waals surface area (Å²) >= 11 is 0. The van der Waals surface area contributed by atoms with Crippen LogP contribution in [0.5, 0.6) is 0 Å². The van der Waals surface area contributed by atoms with Gasteiger partial charge in [0.15, 0.2) is 6.04 Å². The highest BCUT2D eigenvalue weighted by molar-refractivity contribution is 5.93. The average Bonchev–Trinajstić information content (AvgIpc) is 2.69. The highest BCUT2D eigenvalue weighted by Crippen LogP contribution is 1.96. The monoisotopic (exact) mass is 463 g/mol. The number of carbonyl (C=O) groups is 6. The van der Waals surface area contributed by atoms with Crippen LogP contribution in [0.1, 0.15) is 26.7 Å². The molecule has 0 fully saturated rings. The van der Waals surface area contributed by atoms with E-state index in [0.29, 0.717) is 0 Å². The molecule has 0 unspecified atom stereocenters. The number of hydrogen-bond acceptors (Lipinski definition) is 9. The fourth-order valence-electron chi connectivity index (χ4n) is 2.23. The predicted molar refractivity (Wildman–Crippen MR) is 106 cm³/mol. The van der Waals surface area contributed by atoms with E-state index < -0.39 is 79.0 Å². The van der Waals surface area contributed by atoms with Crippen LogP contribution >= 0.6 is 0 Å². The van der Waals surface area contributed by atoms with E-state index in [0.717, 1.165) is 6.92 Å². The molecule has 0 aromatic rings. The Bertz CT molecular complexity index is 712. The summed E-state index contributed by atoms with van der Waals surface area (Å²) in [7, 11) is 0. The molecule has 4 amide bonds. The Morgan fingerprint density at radius 1 is 0.781 bits per heavy atom. The van der Waals surface area contributed by atoms with Crippen LogP contribution in [0.3, 0.4) is 0 Å². The van der Waals surface area contributed by atoms with E-state index in [2.05, 4.69) is 16.0 Å². The van der Waals surface area contributed by atoms with Crippen molar-refractivity contribution in [2.45, 2.75) is 57.0 Å². The lowest BCUT2D eigenvalue weighted by atomic mass is 10.1. The standard InChI is InChI=1S/C17H29N5O10/c1-7(23)13(16(30)20-6-11(26)22-14(8(2)24)17(31)32)21-10(25)5-19-15(29)9(18)3-4-12(27)28/h7-9,13-14,23-24H,3-6,18H2,1-2H3,(H,19,29)(H,20,30)(H,21,25)(H,22,26)(H,27,28)(H,31,32)/t7-,8-,9+,13+,14+/m1/s1. The highest BCUT2D eigenvalue weighted by Gasteiger charge is 2.28. The maximum Gasteiger partial charge on any atom is 0.328 e. The van der Waals surface area contributed by atoms with Crippen molar-refractivity contribution in [2.24, 2.45) is 5.73 Å². The molecule has 0 aromatic heterocycles. The molecule has 0 aromatic carbocycles. The summed E-state index contributed by atoms with van der Waals surface area (Å²) < 4.78 is 0. The number of carboxylic acid groups (broad SMARTS) is 2. The second-order valence-corrected chi connectivity index (χ2v) is 6.88. The van der Waals surface area contributed by atoms with Gasteiger partial charge in [-0.1, -0.05) is 0 Å². The van der Waals surface area contributed by atoms with Gasteiger partial charge in [0.25, 0.3) is 0 Å². The SMILES string of the molecule is C[C@@H](O)[C@H](NC(=O)CNC(=O)[C@@H](NC(=O)CNC(=O)[C@@H](N)CCC(=O)O)[C@@H](C)O)C(=O)O. The van der Waals surface area contributed by atoms with Crippen molar-refractivity contribution in [3.8, 4) is 0 Å². The molecule has 0 saturated carbocycles. The second-order valence-electron chi connectivity index (χ2n) is 6.88. The molecule has 0 spiro atoms. The van der Waals surface area contributed by atoms with E-state index in [1.165, 1.54) is 6.92 Å². The molecule has 0 aliphatic rings. The van der Waals surface area contributed by atoms with Gasteiger partial charge in [-0.2, -0.15) is 0 Å². The lowest BCUT2D eigenvalue weighted by molar-refractivity contribution is -0.144. The van der Waals surface area contributed by atoms with Gasteiger partial charge in [0.05, 0.1) is 31.3 Å². The maximum atomic E-state index is 12.2. The highest BCUT2D eigenvalue weighted by atomic mass is 16.4. The first-order valence-corrected chi connectivity index (χ1v) is 9.46. The van der Waals surface area contributed by atoms with Crippen molar-refractivity contribution in [1.29, 1.82) is 0 Å². The van der Waals surface area contributed by atoms with Crippen molar-refractivity contribution in [3.63, 3.8) is 0 Å². The Morgan fingerprint density at radius 3 is 1.62 bits per heavy atom. The summed E-state index contributed by atoms with van der Waals surface area (Å²) in [4.78, 5) is 69.1. The Balaban J connectivity index is 4.66. The normalized spacial score (nSPS) is 15.3. The summed E-state index contributed by atoms with van der Waals surface area (Å²) in [5.41, 5.74) is 5.49. The van der Waals surface area contributed by atoms with Gasteiger partial charge in [0, 0.05) is 6.42 Å². The first kappa shape index (κ1) is 28.7. The van der Waals surface area contributed by atoms with E-state index in [-0.39, 0.29) is 12.8 Å². The average molecular weight is 463 g/mol. The zero-order valence-corrected chi connectivity index (χ0v) is 17.5. The first-order valence-electron chi connectivity index (χ1n) is 9.46. The lowest BCUT2D eigenvalue weighted by Crippen LogP contribution is -2.56. The number of rotatable bonds is 14. The minimum atomic E-state index is -1.60. The number of nitrogens with two attached hydrogens (primary N) is 1. The van der Waals surface area contributed by atoms with Gasteiger partial charge in [-0.25, -0.2) is 4.79 Å². The molecule has 0 bridgehead atoms. The van der Waals surface area contributed by atoms with Gasteiger partial charge >= 0.3 is 11.9 Å². The fourth-order valence-corrected chi connectivity index (χ4v) is 2.23. The predicted octanol–water partition coefficient (Wildman–Crippen LogP) is -4.77. The molecule has 0 radical (unpaired) electrons. The van der Waals surface area contributed by atoms with Crippen molar-refractivity contribution >= 4 is 35.6 Å². The molecule has 0 aliphatic heterocycles. The zero-order chi connectivity index (χ0) is 25.0. The van der Waals surface area contributed by atoms with Crippen LogP contribution in [0, 0.1) is 0 Å². The van der Waals surface area contributed by atoms with Gasteiger partial charge in [0.1, 0.15) is 6.04 Å². The molecule has 15 heteroatoms. The van der Waals surface area contributed by atoms with E-state index in [1.54, 1.807) is 0 Å². The molecular weight excluding hydrogens is 434 g/mol. The van der Waals surface area contributed by atoms with Gasteiger partial charge in [-0.05, 0) is 20.3 Å². The summed E-state index contributed by atoms with van der Waals surface area (Å²) in [5.74, 6) is -6.22. The van der Waals surface area contributed by atoms with Crippen LogP contribution in [0.4, 0.5) is 0 Å². The Hall–Kier alpha value is -3.30. The van der Waals surface area contributed by atoms with Crippen LogP contribution < -0.4 is 27.0 Å². The third-order valence-corrected chi connectivity index (χ3v) is 4.00. The molecule has 0 heterocycles. The third kappa shape index (κ3) is 11.2. The van der Waals surface area contributed by atoms with Crippen molar-refractivity contribution in [1.82, 2.24) is 21.3 Å². The number of aliphatic hydroxyl groups excluding tert-OH is 2. The minimum absolute atomic E-state index is 0.151. The van der Waals surface area contributed by atoms with Gasteiger partial charge in [-0.15, -0.1) is 0 Å². The van der Waals surface area contributed by atoms with E-state index in [9.17, 15) is 39.0 Å². The molecule has 15 nitrogen and oxygen atoms in total. The number of nitrogens with one attached hydrogen (secondary N) is 4. The zero-order valence-electron chi connectivity index (χ0n) is 17.5. The maximum absolute atomic E-state index is 12.2. The Labute approximate surface area is 182 Å². The molecule has 5 atom stereocenters. The number of aliphatic hydroxyl groups is 2. The number of aliphatic carboxylic acids is 2. The number of carboxylic acids is 2. The van der Waals surface area contributed by atoms with E-state index in [4.69, 9.17) is 15.9 Å². The van der Waals surface area contributed by atoms with E-state index in [1.807, 2.05) is 5.32 Å². The Morgan fingerprint density at radius 2 is 1.22 bits per heavy atom. The van der Waals surface area contributed by atoms with Crippen LogP contribution in [0.2, 0.25) is 0 Å². The smallest absolute Gasteiger partial charge is 0.328 e. The molecular formula is C17H29N5O10. The fraction of sp³-hybridized carbons (Fsp3) is 0.647. The van der Waals surface area contributed by atoms with Crippen LogP contribution in [0.25, 0.3) is 0 Å². The number of amides is 4. The minimum Gasteiger partial charge on any atom is -0.481 e. The lowest BCUT2D eigenvalue weighted by Gasteiger charge is -2.22. The van der Waals surface area contributed by atoms with E-state index >= 15 is 0 Å².